The van der Waals surface area contributed by atoms with E-state index in [9.17, 15) is 0 Å². The van der Waals surface area contributed by atoms with E-state index in [1.165, 1.54) is 5.56 Å². The molecule has 0 aliphatic carbocycles. The number of hydrogen-bond donors (Lipinski definition) is 0. The Labute approximate surface area is 77.3 Å². The Bertz CT molecular complexity index is 247. The molecule has 1 heterocycles. The highest BCUT2D eigenvalue weighted by molar-refractivity contribution is 6.21. The van der Waals surface area contributed by atoms with E-state index in [1.807, 2.05) is 18.2 Å². The molecule has 0 N–H and O–H groups in total. The van der Waals surface area contributed by atoms with Gasteiger partial charge in [-0.15, -0.1) is 11.6 Å². The molecular formula is C10H11ClO. The maximum Gasteiger partial charge on any atom is 0.0989 e. The Kier molecular flexibility index (Phi) is 2.33. The minimum atomic E-state index is 0.105. The smallest absolute Gasteiger partial charge is 0.0989 e. The van der Waals surface area contributed by atoms with Gasteiger partial charge in [0.15, 0.2) is 0 Å². The van der Waals surface area contributed by atoms with Crippen LogP contribution in [0.25, 0.3) is 0 Å². The number of ether oxygens (including phenoxy) is 1. The summed E-state index contributed by atoms with van der Waals surface area (Å²) >= 11 is 6.09. The monoisotopic (exact) mass is 182 g/mol. The van der Waals surface area contributed by atoms with E-state index < -0.39 is 0 Å². The second kappa shape index (κ2) is 3.46. The molecule has 1 aliphatic rings. The highest BCUT2D eigenvalue weighted by atomic mass is 35.5. The highest BCUT2D eigenvalue weighted by Crippen LogP contribution is 2.32. The van der Waals surface area contributed by atoms with Crippen molar-refractivity contribution in [2.75, 3.05) is 6.61 Å². The van der Waals surface area contributed by atoms with Gasteiger partial charge in [0, 0.05) is 6.61 Å². The molecule has 0 bridgehead atoms. The summed E-state index contributed by atoms with van der Waals surface area (Å²) in [6.45, 7) is 0.785. The molecule has 1 nitrogen and oxygen atoms in total. The molecular weight excluding hydrogens is 172 g/mol. The van der Waals surface area contributed by atoms with Gasteiger partial charge in [0.2, 0.25) is 0 Å². The molecule has 1 fully saturated rings. The maximum absolute atomic E-state index is 6.09. The topological polar surface area (TPSA) is 9.23 Å². The molecule has 2 rings (SSSR count). The normalized spacial score (nSPS) is 29.1. The Morgan fingerprint density at radius 1 is 1.25 bits per heavy atom. The van der Waals surface area contributed by atoms with E-state index in [2.05, 4.69) is 12.1 Å². The van der Waals surface area contributed by atoms with Crippen molar-refractivity contribution in [3.8, 4) is 0 Å². The molecule has 2 atom stereocenters. The molecule has 1 aromatic carbocycles. The Morgan fingerprint density at radius 2 is 2.00 bits per heavy atom. The number of benzene rings is 1. The number of alkyl halides is 1. The third-order valence-corrected chi connectivity index (χ3v) is 2.59. The zero-order chi connectivity index (χ0) is 8.39. The molecule has 0 spiro atoms. The first-order chi connectivity index (χ1) is 5.88. The van der Waals surface area contributed by atoms with Gasteiger partial charge in [0.1, 0.15) is 0 Å². The van der Waals surface area contributed by atoms with Crippen LogP contribution in [0.1, 0.15) is 18.1 Å². The molecule has 1 aromatic rings. The minimum Gasteiger partial charge on any atom is -0.372 e. The van der Waals surface area contributed by atoms with Crippen LogP contribution in [0, 0.1) is 0 Å². The van der Waals surface area contributed by atoms with Gasteiger partial charge in [-0.3, -0.25) is 0 Å². The van der Waals surface area contributed by atoms with Crippen molar-refractivity contribution < 1.29 is 4.74 Å². The molecule has 0 aromatic heterocycles. The lowest BCUT2D eigenvalue weighted by molar-refractivity contribution is 0.113. The molecule has 64 valence electrons. The van der Waals surface area contributed by atoms with Gasteiger partial charge in [-0.05, 0) is 12.0 Å². The first-order valence-corrected chi connectivity index (χ1v) is 4.62. The van der Waals surface area contributed by atoms with Crippen LogP contribution in [0.3, 0.4) is 0 Å². The van der Waals surface area contributed by atoms with Crippen LogP contribution in [0.4, 0.5) is 0 Å². The molecule has 0 radical (unpaired) electrons. The molecule has 0 amide bonds. The van der Waals surface area contributed by atoms with E-state index in [-0.39, 0.29) is 11.5 Å². The summed E-state index contributed by atoms with van der Waals surface area (Å²) < 4.78 is 5.52. The molecule has 2 heteroatoms. The van der Waals surface area contributed by atoms with Crippen molar-refractivity contribution in [3.05, 3.63) is 35.9 Å². The van der Waals surface area contributed by atoms with Crippen LogP contribution in [0.2, 0.25) is 0 Å². The number of rotatable bonds is 1. The molecule has 1 saturated heterocycles. The fraction of sp³-hybridized carbons (Fsp3) is 0.400. The van der Waals surface area contributed by atoms with E-state index >= 15 is 0 Å². The summed E-state index contributed by atoms with van der Waals surface area (Å²) in [7, 11) is 0. The SMILES string of the molecule is Cl[C@@H]1CCO[C@@H]1c1ccccc1. The molecule has 0 saturated carbocycles. The van der Waals surface area contributed by atoms with Gasteiger partial charge in [0.25, 0.3) is 0 Å². The minimum absolute atomic E-state index is 0.105. The van der Waals surface area contributed by atoms with Crippen LogP contribution >= 0.6 is 11.6 Å². The average Bonchev–Trinajstić information content (AvgIpc) is 2.53. The Morgan fingerprint density at radius 3 is 2.58 bits per heavy atom. The summed E-state index contributed by atoms with van der Waals surface area (Å²) in [6, 6.07) is 10.2. The first-order valence-electron chi connectivity index (χ1n) is 4.18. The van der Waals surface area contributed by atoms with Gasteiger partial charge in [-0.2, -0.15) is 0 Å². The van der Waals surface area contributed by atoms with Gasteiger partial charge in [0.05, 0.1) is 11.5 Å². The lowest BCUT2D eigenvalue weighted by Crippen LogP contribution is -2.05. The fourth-order valence-electron chi connectivity index (χ4n) is 1.51. The van der Waals surface area contributed by atoms with Crippen LogP contribution in [0.15, 0.2) is 30.3 Å². The number of hydrogen-bond acceptors (Lipinski definition) is 1. The van der Waals surface area contributed by atoms with Crippen molar-refractivity contribution in [2.24, 2.45) is 0 Å². The Hall–Kier alpha value is -0.530. The fourth-order valence-corrected chi connectivity index (χ4v) is 1.82. The van der Waals surface area contributed by atoms with Crippen LogP contribution < -0.4 is 0 Å². The third kappa shape index (κ3) is 1.47. The maximum atomic E-state index is 6.09. The van der Waals surface area contributed by atoms with E-state index in [0.29, 0.717) is 0 Å². The van der Waals surface area contributed by atoms with E-state index in [0.717, 1.165) is 13.0 Å². The lowest BCUT2D eigenvalue weighted by Gasteiger charge is -2.12. The zero-order valence-electron chi connectivity index (χ0n) is 6.74. The predicted molar refractivity (Wildman–Crippen MR) is 49.4 cm³/mol. The second-order valence-corrected chi connectivity index (χ2v) is 3.57. The quantitative estimate of drug-likeness (QED) is 0.607. The third-order valence-electron chi connectivity index (χ3n) is 2.15. The highest BCUT2D eigenvalue weighted by Gasteiger charge is 2.27. The molecule has 1 aliphatic heterocycles. The van der Waals surface area contributed by atoms with Crippen molar-refractivity contribution in [1.29, 1.82) is 0 Å². The van der Waals surface area contributed by atoms with Gasteiger partial charge >= 0.3 is 0 Å². The summed E-state index contributed by atoms with van der Waals surface area (Å²) in [5, 5.41) is 0.146. The zero-order valence-corrected chi connectivity index (χ0v) is 7.50. The Balaban J connectivity index is 2.19. The van der Waals surface area contributed by atoms with Crippen LogP contribution in [-0.4, -0.2) is 12.0 Å². The molecule has 12 heavy (non-hydrogen) atoms. The van der Waals surface area contributed by atoms with Gasteiger partial charge in [-0.25, -0.2) is 0 Å². The first kappa shape index (κ1) is 8.09. The molecule has 0 unspecified atom stereocenters. The van der Waals surface area contributed by atoms with E-state index in [4.69, 9.17) is 16.3 Å². The van der Waals surface area contributed by atoms with Crippen molar-refractivity contribution >= 4 is 11.6 Å². The van der Waals surface area contributed by atoms with Crippen LogP contribution in [-0.2, 0) is 4.74 Å². The second-order valence-electron chi connectivity index (χ2n) is 3.01. The van der Waals surface area contributed by atoms with Gasteiger partial charge < -0.3 is 4.74 Å². The van der Waals surface area contributed by atoms with Crippen molar-refractivity contribution in [1.82, 2.24) is 0 Å². The summed E-state index contributed by atoms with van der Waals surface area (Å²) in [5.74, 6) is 0. The summed E-state index contributed by atoms with van der Waals surface area (Å²) in [4.78, 5) is 0. The predicted octanol–water partition coefficient (Wildman–Crippen LogP) is 2.76. The largest absolute Gasteiger partial charge is 0.372 e. The summed E-state index contributed by atoms with van der Waals surface area (Å²) in [6.07, 6.45) is 1.06. The van der Waals surface area contributed by atoms with Crippen molar-refractivity contribution in [2.45, 2.75) is 17.9 Å². The summed E-state index contributed by atoms with van der Waals surface area (Å²) in [5.41, 5.74) is 1.19. The van der Waals surface area contributed by atoms with Crippen LogP contribution in [0.5, 0.6) is 0 Å². The lowest BCUT2D eigenvalue weighted by atomic mass is 10.1. The van der Waals surface area contributed by atoms with Gasteiger partial charge in [-0.1, -0.05) is 30.3 Å². The standard InChI is InChI=1S/C10H11ClO/c11-9-6-7-12-10(9)8-4-2-1-3-5-8/h1-5,9-10H,6-7H2/t9-,10-/m1/s1. The average molecular weight is 183 g/mol. The number of halogens is 1. The van der Waals surface area contributed by atoms with Crippen molar-refractivity contribution in [3.63, 3.8) is 0 Å². The van der Waals surface area contributed by atoms with E-state index in [1.54, 1.807) is 0 Å².